The summed E-state index contributed by atoms with van der Waals surface area (Å²) >= 11 is 1.87. The van der Waals surface area contributed by atoms with Gasteiger partial charge < -0.3 is 0 Å². The van der Waals surface area contributed by atoms with Crippen molar-refractivity contribution in [3.8, 4) is 78.5 Å². The molecule has 0 radical (unpaired) electrons. The van der Waals surface area contributed by atoms with E-state index in [1.807, 2.05) is 35.6 Å². The van der Waals surface area contributed by atoms with Crippen LogP contribution in [0.25, 0.3) is 120 Å². The van der Waals surface area contributed by atoms with Crippen LogP contribution in [0.3, 0.4) is 0 Å². The number of benzene rings is 9. The predicted octanol–water partition coefficient (Wildman–Crippen LogP) is 16.2. The van der Waals surface area contributed by atoms with Gasteiger partial charge in [0.2, 0.25) is 0 Å². The van der Waals surface area contributed by atoms with E-state index >= 15 is 0 Å². The third-order valence-electron chi connectivity index (χ3n) is 12.1. The zero-order valence-electron chi connectivity index (χ0n) is 34.1. The molecule has 0 saturated carbocycles. The Balaban J connectivity index is 0.964. The summed E-state index contributed by atoms with van der Waals surface area (Å²) in [5.74, 6) is 0.691. The molecule has 63 heavy (non-hydrogen) atoms. The predicted molar refractivity (Wildman–Crippen MR) is 266 cm³/mol. The van der Waals surface area contributed by atoms with E-state index in [4.69, 9.17) is 15.0 Å². The maximum Gasteiger partial charge on any atom is 0.160 e. The average Bonchev–Trinajstić information content (AvgIpc) is 3.75. The second-order valence-corrected chi connectivity index (χ2v) is 17.0. The lowest BCUT2D eigenvalue weighted by molar-refractivity contribution is 1.18. The van der Waals surface area contributed by atoms with Gasteiger partial charge >= 0.3 is 0 Å². The van der Waals surface area contributed by atoms with Crippen molar-refractivity contribution in [1.82, 2.24) is 15.0 Å². The molecule has 0 bridgehead atoms. The van der Waals surface area contributed by atoms with Gasteiger partial charge in [0.1, 0.15) is 0 Å². The van der Waals surface area contributed by atoms with Crippen LogP contribution in [-0.4, -0.2) is 15.0 Å². The Labute approximate surface area is 369 Å². The number of fused-ring (bicyclic) bond motifs is 6. The fraction of sp³-hybridized carbons (Fsp3) is 0. The third-order valence-corrected chi connectivity index (χ3v) is 13.3. The number of thiophene rings is 1. The van der Waals surface area contributed by atoms with Gasteiger partial charge in [0.15, 0.2) is 5.82 Å². The summed E-state index contributed by atoms with van der Waals surface area (Å²) in [5, 5.41) is 6.07. The van der Waals surface area contributed by atoms with E-state index in [-0.39, 0.29) is 0 Å². The lowest BCUT2D eigenvalue weighted by Gasteiger charge is -2.15. The van der Waals surface area contributed by atoms with Crippen molar-refractivity contribution in [3.05, 3.63) is 224 Å². The van der Waals surface area contributed by atoms with Gasteiger partial charge in [-0.15, -0.1) is 11.3 Å². The van der Waals surface area contributed by atoms with E-state index in [1.165, 1.54) is 53.4 Å². The zero-order valence-corrected chi connectivity index (χ0v) is 34.9. The van der Waals surface area contributed by atoms with Crippen molar-refractivity contribution in [2.75, 3.05) is 0 Å². The van der Waals surface area contributed by atoms with Crippen LogP contribution in [0.15, 0.2) is 224 Å². The second kappa shape index (κ2) is 15.4. The Morgan fingerprint density at radius 3 is 1.63 bits per heavy atom. The SMILES string of the molecule is c1ccc(-c2cccc(-c3cc(-c4ccc(-c5nc6ccccc6c6c(-c7cccc(-c8cccc9c8sc8ccccc89)c7)cccc56)cc4)nc(-c4ccccc4)n3)c2)cc1. The van der Waals surface area contributed by atoms with Crippen LogP contribution in [0.5, 0.6) is 0 Å². The molecule has 3 heterocycles. The molecule has 0 N–H and O–H groups in total. The summed E-state index contributed by atoms with van der Waals surface area (Å²) in [7, 11) is 0. The molecule has 12 rings (SSSR count). The fourth-order valence-electron chi connectivity index (χ4n) is 9.04. The number of hydrogen-bond donors (Lipinski definition) is 0. The smallest absolute Gasteiger partial charge is 0.160 e. The molecular formula is C59H37N3S. The quantitative estimate of drug-likeness (QED) is 0.150. The van der Waals surface area contributed by atoms with E-state index in [0.29, 0.717) is 5.82 Å². The van der Waals surface area contributed by atoms with E-state index < -0.39 is 0 Å². The monoisotopic (exact) mass is 819 g/mol. The number of para-hydroxylation sites is 1. The molecule has 0 fully saturated rings. The van der Waals surface area contributed by atoms with Gasteiger partial charge in [0, 0.05) is 58.6 Å². The highest BCUT2D eigenvalue weighted by Crippen LogP contribution is 2.43. The van der Waals surface area contributed by atoms with Crippen molar-refractivity contribution in [1.29, 1.82) is 0 Å². The van der Waals surface area contributed by atoms with E-state index in [1.54, 1.807) is 0 Å². The molecule has 12 aromatic rings. The molecule has 0 aliphatic carbocycles. The van der Waals surface area contributed by atoms with Crippen molar-refractivity contribution in [2.45, 2.75) is 0 Å². The molecule has 0 atom stereocenters. The van der Waals surface area contributed by atoms with Crippen molar-refractivity contribution < 1.29 is 0 Å². The zero-order chi connectivity index (χ0) is 41.7. The van der Waals surface area contributed by atoms with Gasteiger partial charge in [0.05, 0.1) is 22.6 Å². The van der Waals surface area contributed by atoms with Gasteiger partial charge in [-0.25, -0.2) is 15.0 Å². The Hall–Kier alpha value is -8.05. The Morgan fingerprint density at radius 2 is 0.841 bits per heavy atom. The third kappa shape index (κ3) is 6.65. The summed E-state index contributed by atoms with van der Waals surface area (Å²) in [5.41, 5.74) is 14.9. The summed E-state index contributed by atoms with van der Waals surface area (Å²) in [6.45, 7) is 0. The molecule has 0 aliphatic heterocycles. The number of hydrogen-bond acceptors (Lipinski definition) is 4. The van der Waals surface area contributed by atoms with Crippen molar-refractivity contribution in [2.24, 2.45) is 0 Å². The summed E-state index contributed by atoms with van der Waals surface area (Å²) in [4.78, 5) is 15.6. The van der Waals surface area contributed by atoms with Crippen LogP contribution in [-0.2, 0) is 0 Å². The Kier molecular flexibility index (Phi) is 9.02. The molecular weight excluding hydrogens is 783 g/mol. The first-order chi connectivity index (χ1) is 31.2. The first-order valence-corrected chi connectivity index (χ1v) is 22.1. The summed E-state index contributed by atoms with van der Waals surface area (Å²) in [6, 6.07) is 79.7. The molecule has 4 heteroatoms. The van der Waals surface area contributed by atoms with Crippen LogP contribution in [0.2, 0.25) is 0 Å². The highest BCUT2D eigenvalue weighted by Gasteiger charge is 2.17. The Morgan fingerprint density at radius 1 is 0.302 bits per heavy atom. The summed E-state index contributed by atoms with van der Waals surface area (Å²) in [6.07, 6.45) is 0. The largest absolute Gasteiger partial charge is 0.247 e. The van der Waals surface area contributed by atoms with Crippen LogP contribution >= 0.6 is 11.3 Å². The van der Waals surface area contributed by atoms with Gasteiger partial charge in [-0.2, -0.15) is 0 Å². The summed E-state index contributed by atoms with van der Waals surface area (Å²) < 4.78 is 2.63. The molecule has 0 aliphatic rings. The van der Waals surface area contributed by atoms with Gasteiger partial charge in [-0.1, -0.05) is 194 Å². The molecule has 3 aromatic heterocycles. The van der Waals surface area contributed by atoms with Crippen LogP contribution in [0.4, 0.5) is 0 Å². The van der Waals surface area contributed by atoms with Gasteiger partial charge in [0.25, 0.3) is 0 Å². The molecule has 3 nitrogen and oxygen atoms in total. The molecule has 0 saturated heterocycles. The normalized spacial score (nSPS) is 11.5. The Bertz CT molecular complexity index is 3670. The lowest BCUT2D eigenvalue weighted by Crippen LogP contribution is -1.96. The standard InChI is InChI=1S/C59H37N3S/c1-3-15-38(16-4-1)42-19-11-22-45(35-42)54-37-53(61-59(62-54)41-17-5-2-6-18-41)39-31-33-40(34-32-39)57-51-28-13-25-46(56(51)50-24-7-9-29-52(50)60-57)43-20-12-21-44(36-43)47-26-14-27-49-48-23-8-10-30-55(48)63-58(47)49/h1-37H. The number of pyridine rings is 1. The van der Waals surface area contributed by atoms with Crippen molar-refractivity contribution in [3.63, 3.8) is 0 Å². The van der Waals surface area contributed by atoms with Gasteiger partial charge in [-0.3, -0.25) is 0 Å². The van der Waals surface area contributed by atoms with Gasteiger partial charge in [-0.05, 0) is 63.7 Å². The maximum atomic E-state index is 5.35. The van der Waals surface area contributed by atoms with E-state index in [9.17, 15) is 0 Å². The molecule has 0 unspecified atom stereocenters. The molecule has 0 amide bonds. The minimum Gasteiger partial charge on any atom is -0.247 e. The first kappa shape index (κ1) is 36.8. The van der Waals surface area contributed by atoms with Crippen LogP contribution in [0.1, 0.15) is 0 Å². The lowest BCUT2D eigenvalue weighted by atomic mass is 9.91. The fourth-order valence-corrected chi connectivity index (χ4v) is 10.3. The minimum atomic E-state index is 0.691. The highest BCUT2D eigenvalue weighted by atomic mass is 32.1. The average molecular weight is 820 g/mol. The van der Waals surface area contributed by atoms with Crippen LogP contribution < -0.4 is 0 Å². The van der Waals surface area contributed by atoms with Crippen molar-refractivity contribution >= 4 is 53.2 Å². The van der Waals surface area contributed by atoms with E-state index in [0.717, 1.165) is 61.2 Å². The maximum absolute atomic E-state index is 5.35. The number of aromatic nitrogens is 3. The first-order valence-electron chi connectivity index (χ1n) is 21.3. The van der Waals surface area contributed by atoms with Crippen LogP contribution in [0, 0.1) is 0 Å². The molecule has 294 valence electrons. The topological polar surface area (TPSA) is 38.7 Å². The number of nitrogens with zero attached hydrogens (tertiary/aromatic N) is 3. The molecule has 9 aromatic carbocycles. The minimum absolute atomic E-state index is 0.691. The molecule has 0 spiro atoms. The van der Waals surface area contributed by atoms with E-state index in [2.05, 4.69) is 200 Å². The highest BCUT2D eigenvalue weighted by molar-refractivity contribution is 7.26. The number of rotatable bonds is 7. The second-order valence-electron chi connectivity index (χ2n) is 15.9.